The fourth-order valence-electron chi connectivity index (χ4n) is 3.05. The number of ether oxygens (including phenoxy) is 6. The Labute approximate surface area is 125 Å². The molecule has 3 fully saturated rings. The van der Waals surface area contributed by atoms with Crippen LogP contribution in [0.15, 0.2) is 12.7 Å². The number of fused-ring (bicyclic) bond motifs is 1. The second-order valence-electron chi connectivity index (χ2n) is 6.52. The number of rotatable bonds is 4. The van der Waals surface area contributed by atoms with Crippen molar-refractivity contribution in [2.75, 3.05) is 13.2 Å². The summed E-state index contributed by atoms with van der Waals surface area (Å²) in [5.41, 5.74) is 0. The Kier molecular flexibility index (Phi) is 3.88. The van der Waals surface area contributed by atoms with Crippen molar-refractivity contribution in [3.05, 3.63) is 12.7 Å². The molecule has 3 aliphatic heterocycles. The molecule has 0 aromatic heterocycles. The van der Waals surface area contributed by atoms with Gasteiger partial charge in [-0.2, -0.15) is 0 Å². The van der Waals surface area contributed by atoms with Gasteiger partial charge in [-0.3, -0.25) is 0 Å². The third kappa shape index (κ3) is 3.02. The SMILES string of the molecule is C=CCO[C@@H]1[C@@H]2OC(C)(C)O[C@H]2O[C@@H]1C1COC(C)(C)O1. The molecule has 0 spiro atoms. The van der Waals surface area contributed by atoms with Crippen LogP contribution in [0, 0.1) is 0 Å². The second kappa shape index (κ2) is 5.30. The van der Waals surface area contributed by atoms with Gasteiger partial charge in [-0.1, -0.05) is 6.08 Å². The van der Waals surface area contributed by atoms with Crippen LogP contribution in [0.4, 0.5) is 0 Å². The van der Waals surface area contributed by atoms with E-state index in [0.29, 0.717) is 13.2 Å². The molecule has 0 N–H and O–H groups in total. The highest BCUT2D eigenvalue weighted by atomic mass is 16.8. The maximum absolute atomic E-state index is 6.00. The predicted molar refractivity (Wildman–Crippen MR) is 73.5 cm³/mol. The summed E-state index contributed by atoms with van der Waals surface area (Å²) in [6.45, 7) is 12.1. The minimum atomic E-state index is -0.664. The van der Waals surface area contributed by atoms with Gasteiger partial charge in [0, 0.05) is 0 Å². The van der Waals surface area contributed by atoms with Gasteiger partial charge in [0.2, 0.25) is 0 Å². The van der Waals surface area contributed by atoms with Crippen LogP contribution in [-0.2, 0) is 28.4 Å². The van der Waals surface area contributed by atoms with E-state index in [4.69, 9.17) is 28.4 Å². The van der Waals surface area contributed by atoms with Gasteiger partial charge in [-0.15, -0.1) is 6.58 Å². The van der Waals surface area contributed by atoms with E-state index in [1.807, 2.05) is 27.7 Å². The predicted octanol–water partition coefficient (Wildman–Crippen LogP) is 1.59. The molecule has 3 rings (SSSR count). The molecule has 0 amide bonds. The Morgan fingerprint density at radius 3 is 2.48 bits per heavy atom. The van der Waals surface area contributed by atoms with Crippen molar-refractivity contribution >= 4 is 0 Å². The first kappa shape index (κ1) is 15.4. The quantitative estimate of drug-likeness (QED) is 0.735. The third-order valence-electron chi connectivity index (χ3n) is 3.83. The van der Waals surface area contributed by atoms with Crippen molar-refractivity contribution in [2.45, 2.75) is 70.0 Å². The van der Waals surface area contributed by atoms with Gasteiger partial charge in [0.1, 0.15) is 24.4 Å². The monoisotopic (exact) mass is 300 g/mol. The maximum Gasteiger partial charge on any atom is 0.190 e. The lowest BCUT2D eigenvalue weighted by atomic mass is 10.1. The van der Waals surface area contributed by atoms with Gasteiger partial charge in [0.05, 0.1) is 13.2 Å². The van der Waals surface area contributed by atoms with E-state index < -0.39 is 17.9 Å². The van der Waals surface area contributed by atoms with Gasteiger partial charge < -0.3 is 28.4 Å². The molecule has 0 bridgehead atoms. The molecule has 0 aliphatic carbocycles. The summed E-state index contributed by atoms with van der Waals surface area (Å²) in [7, 11) is 0. The molecule has 3 heterocycles. The van der Waals surface area contributed by atoms with Crippen LogP contribution in [0.3, 0.4) is 0 Å². The van der Waals surface area contributed by atoms with Gasteiger partial charge in [-0.05, 0) is 27.7 Å². The molecule has 120 valence electrons. The lowest BCUT2D eigenvalue weighted by molar-refractivity contribution is -0.235. The molecule has 1 unspecified atom stereocenters. The van der Waals surface area contributed by atoms with Crippen LogP contribution >= 0.6 is 0 Å². The smallest absolute Gasteiger partial charge is 0.190 e. The molecule has 0 saturated carbocycles. The maximum atomic E-state index is 6.00. The van der Waals surface area contributed by atoms with Crippen LogP contribution in [-0.4, -0.2) is 55.5 Å². The van der Waals surface area contributed by atoms with E-state index >= 15 is 0 Å². The topological polar surface area (TPSA) is 55.4 Å². The first-order valence-electron chi connectivity index (χ1n) is 7.37. The molecule has 3 saturated heterocycles. The lowest BCUT2D eigenvalue weighted by Gasteiger charge is -2.28. The van der Waals surface area contributed by atoms with Gasteiger partial charge >= 0.3 is 0 Å². The molecule has 0 aromatic rings. The van der Waals surface area contributed by atoms with Crippen LogP contribution < -0.4 is 0 Å². The first-order valence-corrected chi connectivity index (χ1v) is 7.37. The van der Waals surface area contributed by atoms with Gasteiger partial charge in [-0.25, -0.2) is 0 Å². The molecule has 6 heteroatoms. The van der Waals surface area contributed by atoms with E-state index in [1.54, 1.807) is 6.08 Å². The van der Waals surface area contributed by atoms with E-state index in [9.17, 15) is 0 Å². The van der Waals surface area contributed by atoms with E-state index in [0.717, 1.165) is 0 Å². The van der Waals surface area contributed by atoms with Crippen molar-refractivity contribution in [1.29, 1.82) is 0 Å². The third-order valence-corrected chi connectivity index (χ3v) is 3.83. The minimum absolute atomic E-state index is 0.198. The Balaban J connectivity index is 1.73. The van der Waals surface area contributed by atoms with Crippen LogP contribution in [0.5, 0.6) is 0 Å². The van der Waals surface area contributed by atoms with E-state index in [1.165, 1.54) is 0 Å². The van der Waals surface area contributed by atoms with Crippen LogP contribution in [0.1, 0.15) is 27.7 Å². The second-order valence-corrected chi connectivity index (χ2v) is 6.52. The van der Waals surface area contributed by atoms with Crippen molar-refractivity contribution < 1.29 is 28.4 Å². The average molecular weight is 300 g/mol. The largest absolute Gasteiger partial charge is 0.368 e. The summed E-state index contributed by atoms with van der Waals surface area (Å²) in [5, 5.41) is 0. The zero-order valence-electron chi connectivity index (χ0n) is 13.0. The van der Waals surface area contributed by atoms with Gasteiger partial charge in [0.25, 0.3) is 0 Å². The fraction of sp³-hybridized carbons (Fsp3) is 0.867. The highest BCUT2D eigenvalue weighted by molar-refractivity contribution is 4.99. The first-order chi connectivity index (χ1) is 9.81. The summed E-state index contributed by atoms with van der Waals surface area (Å²) in [6.07, 6.45) is 0.261. The number of hydrogen-bond acceptors (Lipinski definition) is 6. The number of hydrogen-bond donors (Lipinski definition) is 0. The molecule has 3 aliphatic rings. The molecule has 5 atom stereocenters. The van der Waals surface area contributed by atoms with Gasteiger partial charge in [0.15, 0.2) is 17.9 Å². The molecular weight excluding hydrogens is 276 g/mol. The van der Waals surface area contributed by atoms with Crippen LogP contribution in [0.2, 0.25) is 0 Å². The average Bonchev–Trinajstić information content (AvgIpc) is 2.96. The van der Waals surface area contributed by atoms with Crippen molar-refractivity contribution in [1.82, 2.24) is 0 Å². The zero-order valence-corrected chi connectivity index (χ0v) is 13.0. The summed E-state index contributed by atoms with van der Waals surface area (Å²) in [5.74, 6) is -1.27. The van der Waals surface area contributed by atoms with Crippen molar-refractivity contribution in [3.8, 4) is 0 Å². The van der Waals surface area contributed by atoms with E-state index in [2.05, 4.69) is 6.58 Å². The molecule has 6 nitrogen and oxygen atoms in total. The highest BCUT2D eigenvalue weighted by Crippen LogP contribution is 2.41. The summed E-state index contributed by atoms with van der Waals surface area (Å²) in [6, 6.07) is 0. The Morgan fingerprint density at radius 2 is 1.86 bits per heavy atom. The van der Waals surface area contributed by atoms with Crippen molar-refractivity contribution in [2.24, 2.45) is 0 Å². The Morgan fingerprint density at radius 1 is 1.10 bits per heavy atom. The Hall–Kier alpha value is -0.500. The van der Waals surface area contributed by atoms with Crippen LogP contribution in [0.25, 0.3) is 0 Å². The van der Waals surface area contributed by atoms with E-state index in [-0.39, 0.29) is 24.4 Å². The fourth-order valence-corrected chi connectivity index (χ4v) is 3.05. The normalized spacial score (nSPS) is 43.9. The standard InChI is InChI=1S/C15H24O6/c1-6-7-16-11-10(9-8-17-14(2,3)19-9)18-13-12(11)20-15(4,5)21-13/h6,9-13H,1,7-8H2,2-5H3/t9?,10-,11+,12+,13-/m1/s1. The zero-order chi connectivity index (χ0) is 15.3. The summed E-state index contributed by atoms with van der Waals surface area (Å²) < 4.78 is 35.1. The molecule has 0 aromatic carbocycles. The minimum Gasteiger partial charge on any atom is -0.368 e. The highest BCUT2D eigenvalue weighted by Gasteiger charge is 2.58. The Bertz CT molecular complexity index is 407. The molecular formula is C15H24O6. The lowest BCUT2D eigenvalue weighted by Crippen LogP contribution is -2.44. The molecule has 21 heavy (non-hydrogen) atoms. The molecule has 0 radical (unpaired) electrons. The summed E-state index contributed by atoms with van der Waals surface area (Å²) >= 11 is 0. The summed E-state index contributed by atoms with van der Waals surface area (Å²) in [4.78, 5) is 0. The van der Waals surface area contributed by atoms with Crippen molar-refractivity contribution in [3.63, 3.8) is 0 Å².